The maximum atomic E-state index is 13.8. The Labute approximate surface area is 337 Å². The van der Waals surface area contributed by atoms with Gasteiger partial charge in [-0.25, -0.2) is 0 Å². The largest absolute Gasteiger partial charge is 0.484 e. The molecule has 0 saturated heterocycles. The highest BCUT2D eigenvalue weighted by atomic mass is 32.1. The Bertz CT molecular complexity index is 2420. The third kappa shape index (κ3) is 8.20. The van der Waals surface area contributed by atoms with E-state index < -0.39 is 0 Å². The predicted molar refractivity (Wildman–Crippen MR) is 233 cm³/mol. The van der Waals surface area contributed by atoms with Gasteiger partial charge in [0.15, 0.2) is 11.5 Å². The molecule has 0 radical (unpaired) electrons. The van der Waals surface area contributed by atoms with Crippen molar-refractivity contribution >= 4 is 63.0 Å². The van der Waals surface area contributed by atoms with E-state index >= 15 is 0 Å². The molecule has 286 valence electrons. The van der Waals surface area contributed by atoms with Crippen molar-refractivity contribution in [3.8, 4) is 11.5 Å². The molecule has 8 nitrogen and oxygen atoms in total. The molecule has 6 aromatic rings. The molecule has 2 amide bonds. The number of fused-ring (bicyclic) bond motifs is 1. The van der Waals surface area contributed by atoms with Crippen LogP contribution in [0.5, 0.6) is 11.5 Å². The maximum Gasteiger partial charge on any atom is 0.269 e. The number of carbonyl (C=O) groups is 2. The van der Waals surface area contributed by atoms with Crippen LogP contribution in [0.4, 0.5) is 39.8 Å². The summed E-state index contributed by atoms with van der Waals surface area (Å²) in [5, 5.41) is 6.02. The second-order valence-corrected chi connectivity index (χ2v) is 15.5. The average Bonchev–Trinajstić information content (AvgIpc) is 3.62. The van der Waals surface area contributed by atoms with Crippen LogP contribution in [0.25, 0.3) is 0 Å². The van der Waals surface area contributed by atoms with Gasteiger partial charge in [0.2, 0.25) is 0 Å². The molecule has 1 aromatic heterocycles. The molecule has 2 aliphatic rings. The van der Waals surface area contributed by atoms with Crippen molar-refractivity contribution in [1.82, 2.24) is 0 Å². The molecule has 1 aliphatic heterocycles. The zero-order chi connectivity index (χ0) is 39.5. The Hall–Kier alpha value is -6.58. The van der Waals surface area contributed by atoms with Gasteiger partial charge in [0, 0.05) is 45.5 Å². The van der Waals surface area contributed by atoms with Gasteiger partial charge in [0.1, 0.15) is 23.0 Å². The number of carbonyl (C=O) groups excluding carboxylic acids is 2. The van der Waals surface area contributed by atoms with E-state index in [1.807, 2.05) is 48.5 Å². The van der Waals surface area contributed by atoms with E-state index in [0.29, 0.717) is 11.4 Å². The number of nitrogens with one attached hydrogen (secondary N) is 2. The summed E-state index contributed by atoms with van der Waals surface area (Å²) in [6, 6.07) is 40.8. The standard InChI is InChI=1S/C48H44N4O4S/c1-31-5-17-37(18-6-31)51(38-19-7-32(2)8-20-38)41-25-13-35(14-26-41)49-47(53)45-43-44(56-30-29-55-43)46(57-45)48(54)50-36-15-27-42(28-16-36)52(39-21-9-33(3)10-22-39)40-23-11-34(4)12-24-40/h5-11,13-23,25-28H,12,24,29-30H2,1-4H3,(H,49,53)(H,50,54). The number of anilines is 7. The van der Waals surface area contributed by atoms with Gasteiger partial charge in [-0.15, -0.1) is 11.3 Å². The highest BCUT2D eigenvalue weighted by Crippen LogP contribution is 2.45. The van der Waals surface area contributed by atoms with Crippen molar-refractivity contribution in [1.29, 1.82) is 0 Å². The van der Waals surface area contributed by atoms with Crippen LogP contribution in [0.3, 0.4) is 0 Å². The number of benzene rings is 5. The minimum Gasteiger partial charge on any atom is -0.484 e. The van der Waals surface area contributed by atoms with Gasteiger partial charge in [0.25, 0.3) is 11.8 Å². The van der Waals surface area contributed by atoms with Gasteiger partial charge >= 0.3 is 0 Å². The Morgan fingerprint density at radius 1 is 0.491 bits per heavy atom. The number of hydrogen-bond donors (Lipinski definition) is 2. The second-order valence-electron chi connectivity index (χ2n) is 14.5. The molecular formula is C48H44N4O4S. The lowest BCUT2D eigenvalue weighted by atomic mass is 10.0. The Kier molecular flexibility index (Phi) is 10.7. The Morgan fingerprint density at radius 2 is 0.860 bits per heavy atom. The normalized spacial score (nSPS) is 13.3. The van der Waals surface area contributed by atoms with Crippen molar-refractivity contribution in [2.75, 3.05) is 33.6 Å². The fraction of sp³-hybridized carbons (Fsp3) is 0.167. The van der Waals surface area contributed by atoms with E-state index in [0.717, 1.165) is 52.6 Å². The molecule has 0 atom stereocenters. The van der Waals surface area contributed by atoms with Crippen molar-refractivity contribution in [3.05, 3.63) is 171 Å². The molecule has 0 spiro atoms. The summed E-state index contributed by atoms with van der Waals surface area (Å²) in [6.45, 7) is 8.94. The summed E-state index contributed by atoms with van der Waals surface area (Å²) >= 11 is 1.06. The number of amides is 2. The summed E-state index contributed by atoms with van der Waals surface area (Å²) < 4.78 is 11.9. The molecule has 2 heterocycles. The van der Waals surface area contributed by atoms with Gasteiger partial charge in [0.05, 0.1) is 0 Å². The molecular weight excluding hydrogens is 729 g/mol. The molecule has 57 heavy (non-hydrogen) atoms. The molecule has 0 fully saturated rings. The van der Waals surface area contributed by atoms with Crippen molar-refractivity contribution in [2.45, 2.75) is 40.5 Å². The summed E-state index contributed by atoms with van der Waals surface area (Å²) in [5.41, 5.74) is 12.4. The fourth-order valence-corrected chi connectivity index (χ4v) is 7.92. The van der Waals surface area contributed by atoms with E-state index in [4.69, 9.17) is 9.47 Å². The quantitative estimate of drug-likeness (QED) is 0.144. The van der Waals surface area contributed by atoms with Crippen LogP contribution in [0, 0.1) is 20.8 Å². The minimum atomic E-state index is -0.384. The smallest absolute Gasteiger partial charge is 0.269 e. The van der Waals surface area contributed by atoms with E-state index in [1.54, 1.807) is 0 Å². The highest BCUT2D eigenvalue weighted by molar-refractivity contribution is 7.17. The number of allylic oxidation sites excluding steroid dienone is 4. The lowest BCUT2D eigenvalue weighted by Crippen LogP contribution is -2.19. The predicted octanol–water partition coefficient (Wildman–Crippen LogP) is 12.2. The molecule has 8 rings (SSSR count). The van der Waals surface area contributed by atoms with Crippen molar-refractivity contribution in [3.63, 3.8) is 0 Å². The first-order valence-electron chi connectivity index (χ1n) is 19.1. The van der Waals surface area contributed by atoms with E-state index in [2.05, 4.69) is 133 Å². The SMILES string of the molecule is CC1=CC=C(N(c2ccc(C)cc2)c2ccc(NC(=O)c3sc(C(=O)Nc4ccc(N(c5ccc(C)cc5)c5ccc(C)cc5)cc4)c4c3OCCO4)cc2)CC1. The van der Waals surface area contributed by atoms with Crippen LogP contribution >= 0.6 is 11.3 Å². The van der Waals surface area contributed by atoms with E-state index in [1.165, 1.54) is 28.0 Å². The van der Waals surface area contributed by atoms with Crippen LogP contribution in [-0.2, 0) is 0 Å². The number of thiophene rings is 1. The van der Waals surface area contributed by atoms with Gasteiger partial charge in [-0.3, -0.25) is 9.59 Å². The number of nitrogens with zero attached hydrogens (tertiary/aromatic N) is 2. The number of ether oxygens (including phenoxy) is 2. The highest BCUT2D eigenvalue weighted by Gasteiger charge is 2.32. The third-order valence-corrected chi connectivity index (χ3v) is 11.2. The number of rotatable bonds is 10. The monoisotopic (exact) mass is 772 g/mol. The van der Waals surface area contributed by atoms with Crippen molar-refractivity contribution < 1.29 is 19.1 Å². The van der Waals surface area contributed by atoms with Crippen LogP contribution in [0.1, 0.15) is 55.8 Å². The number of aryl methyl sites for hydroxylation is 3. The fourth-order valence-electron chi connectivity index (χ4n) is 6.94. The van der Waals surface area contributed by atoms with E-state index in [-0.39, 0.29) is 46.3 Å². The first kappa shape index (κ1) is 37.3. The molecule has 5 aromatic carbocycles. The zero-order valence-electron chi connectivity index (χ0n) is 32.5. The minimum absolute atomic E-state index is 0.272. The zero-order valence-corrected chi connectivity index (χ0v) is 33.3. The van der Waals surface area contributed by atoms with Gasteiger partial charge in [-0.05, 0) is 132 Å². The van der Waals surface area contributed by atoms with E-state index in [9.17, 15) is 9.59 Å². The third-order valence-electron chi connectivity index (χ3n) is 10.1. The van der Waals surface area contributed by atoms with Crippen LogP contribution in [0.2, 0.25) is 0 Å². The topological polar surface area (TPSA) is 83.1 Å². The first-order chi connectivity index (χ1) is 27.7. The summed E-state index contributed by atoms with van der Waals surface area (Å²) in [5.74, 6) is -0.198. The maximum absolute atomic E-state index is 13.8. The van der Waals surface area contributed by atoms with Crippen molar-refractivity contribution in [2.24, 2.45) is 0 Å². The molecule has 9 heteroatoms. The lowest BCUT2D eigenvalue weighted by molar-refractivity contribution is 0.100. The average molecular weight is 773 g/mol. The first-order valence-corrected chi connectivity index (χ1v) is 19.9. The number of hydrogen-bond acceptors (Lipinski definition) is 7. The van der Waals surface area contributed by atoms with Crippen LogP contribution in [0.15, 0.2) is 145 Å². The van der Waals surface area contributed by atoms with Gasteiger partial charge in [-0.1, -0.05) is 64.7 Å². The summed E-state index contributed by atoms with van der Waals surface area (Å²) in [6.07, 6.45) is 6.31. The van der Waals surface area contributed by atoms with Gasteiger partial charge in [-0.2, -0.15) is 0 Å². The van der Waals surface area contributed by atoms with Crippen LogP contribution in [-0.4, -0.2) is 25.0 Å². The Morgan fingerprint density at radius 3 is 1.23 bits per heavy atom. The molecule has 1 aliphatic carbocycles. The van der Waals surface area contributed by atoms with Crippen LogP contribution < -0.4 is 29.9 Å². The summed E-state index contributed by atoms with van der Waals surface area (Å²) in [7, 11) is 0. The molecule has 0 bridgehead atoms. The molecule has 2 N–H and O–H groups in total. The Balaban J connectivity index is 1.00. The second kappa shape index (κ2) is 16.3. The van der Waals surface area contributed by atoms with Gasteiger partial charge < -0.3 is 29.9 Å². The lowest BCUT2D eigenvalue weighted by Gasteiger charge is -2.29. The summed E-state index contributed by atoms with van der Waals surface area (Å²) in [4.78, 5) is 32.6. The molecule has 0 unspecified atom stereocenters. The molecule has 0 saturated carbocycles.